The number of halogens is 1. The monoisotopic (exact) mass is 294 g/mol. The number of nitrogens with zero attached hydrogens (tertiary/aromatic N) is 2. The molecule has 2 atom stereocenters. The van der Waals surface area contributed by atoms with Crippen molar-refractivity contribution in [3.8, 4) is 0 Å². The largest absolute Gasteiger partial charge is 0.254 e. The fraction of sp³-hybridized carbons (Fsp3) is 0.700. The highest BCUT2D eigenvalue weighted by molar-refractivity contribution is 7.91. The van der Waals surface area contributed by atoms with E-state index in [4.69, 9.17) is 11.6 Å². The fourth-order valence-corrected chi connectivity index (χ4v) is 5.91. The van der Waals surface area contributed by atoms with E-state index in [1.165, 1.54) is 0 Å². The molecular formula is C10H15ClN2O2S2. The van der Waals surface area contributed by atoms with Crippen LogP contribution in [0.5, 0.6) is 0 Å². The van der Waals surface area contributed by atoms with Gasteiger partial charge in [-0.25, -0.2) is 13.4 Å². The molecule has 1 aliphatic rings. The maximum absolute atomic E-state index is 12.5. The van der Waals surface area contributed by atoms with E-state index in [0.717, 1.165) is 17.8 Å². The van der Waals surface area contributed by atoms with Gasteiger partial charge < -0.3 is 0 Å². The minimum Gasteiger partial charge on any atom is -0.229 e. The molecule has 0 aliphatic carbocycles. The van der Waals surface area contributed by atoms with Crippen LogP contribution in [0.2, 0.25) is 4.47 Å². The minimum atomic E-state index is -3.43. The van der Waals surface area contributed by atoms with Gasteiger partial charge in [-0.05, 0) is 26.2 Å². The van der Waals surface area contributed by atoms with Gasteiger partial charge in [-0.3, -0.25) is 0 Å². The Bertz CT molecular complexity index is 526. The molecule has 0 bridgehead atoms. The number of sulfonamides is 1. The van der Waals surface area contributed by atoms with E-state index in [1.54, 1.807) is 11.2 Å². The van der Waals surface area contributed by atoms with Crippen LogP contribution in [-0.4, -0.2) is 30.3 Å². The van der Waals surface area contributed by atoms with Crippen molar-refractivity contribution < 1.29 is 8.42 Å². The highest BCUT2D eigenvalue weighted by Crippen LogP contribution is 2.34. The van der Waals surface area contributed by atoms with Crippen LogP contribution in [0.1, 0.15) is 26.0 Å². The Morgan fingerprint density at radius 2 is 2.12 bits per heavy atom. The van der Waals surface area contributed by atoms with Gasteiger partial charge in [0.2, 0.25) is 0 Å². The molecule has 2 unspecified atom stereocenters. The Kier molecular flexibility index (Phi) is 3.51. The molecule has 1 saturated heterocycles. The molecule has 0 radical (unpaired) electrons. The first-order chi connectivity index (χ1) is 7.82. The predicted octanol–water partition coefficient (Wildman–Crippen LogP) is 2.52. The normalized spacial score (nSPS) is 26.6. The standard InChI is InChI=1S/C10H15ClN2O2S2/c1-6-4-7(2)13(5-6)17(14,15)9-8(3)12-10(11)16-9/h6-7H,4-5H2,1-3H3. The van der Waals surface area contributed by atoms with Crippen LogP contribution in [0.15, 0.2) is 4.21 Å². The second-order valence-electron chi connectivity index (χ2n) is 4.60. The molecule has 0 spiro atoms. The van der Waals surface area contributed by atoms with E-state index in [0.29, 0.717) is 18.2 Å². The molecule has 0 saturated carbocycles. The number of hydrogen-bond donors (Lipinski definition) is 0. The van der Waals surface area contributed by atoms with Crippen molar-refractivity contribution in [2.24, 2.45) is 5.92 Å². The SMILES string of the molecule is Cc1nc(Cl)sc1S(=O)(=O)N1CC(C)CC1C. The molecule has 7 heteroatoms. The summed E-state index contributed by atoms with van der Waals surface area (Å²) in [6.45, 7) is 6.27. The Morgan fingerprint density at radius 3 is 2.53 bits per heavy atom. The summed E-state index contributed by atoms with van der Waals surface area (Å²) in [6, 6.07) is 0.0512. The summed E-state index contributed by atoms with van der Waals surface area (Å²) in [6.07, 6.45) is 0.908. The van der Waals surface area contributed by atoms with E-state index in [2.05, 4.69) is 11.9 Å². The topological polar surface area (TPSA) is 50.3 Å². The molecule has 0 amide bonds. The van der Waals surface area contributed by atoms with Crippen molar-refractivity contribution in [3.63, 3.8) is 0 Å². The summed E-state index contributed by atoms with van der Waals surface area (Å²) in [5.74, 6) is 0.406. The highest BCUT2D eigenvalue weighted by atomic mass is 35.5. The van der Waals surface area contributed by atoms with Gasteiger partial charge >= 0.3 is 0 Å². The molecule has 0 N–H and O–H groups in total. The zero-order valence-electron chi connectivity index (χ0n) is 9.97. The Morgan fingerprint density at radius 1 is 1.47 bits per heavy atom. The first-order valence-electron chi connectivity index (χ1n) is 5.47. The van der Waals surface area contributed by atoms with E-state index in [9.17, 15) is 8.42 Å². The molecular weight excluding hydrogens is 280 g/mol. The zero-order chi connectivity index (χ0) is 12.8. The Labute approximate surface area is 111 Å². The van der Waals surface area contributed by atoms with Crippen LogP contribution >= 0.6 is 22.9 Å². The maximum Gasteiger partial charge on any atom is 0.254 e. The average molecular weight is 295 g/mol. The third-order valence-electron chi connectivity index (χ3n) is 3.00. The van der Waals surface area contributed by atoms with Gasteiger partial charge in [0.15, 0.2) is 8.68 Å². The van der Waals surface area contributed by atoms with Crippen molar-refractivity contribution >= 4 is 33.0 Å². The summed E-state index contributed by atoms with van der Waals surface area (Å²) in [5, 5.41) is 0. The van der Waals surface area contributed by atoms with Crippen LogP contribution in [0, 0.1) is 12.8 Å². The smallest absolute Gasteiger partial charge is 0.229 e. The van der Waals surface area contributed by atoms with Crippen LogP contribution in [0.3, 0.4) is 0 Å². The van der Waals surface area contributed by atoms with Gasteiger partial charge in [0.25, 0.3) is 10.0 Å². The van der Waals surface area contributed by atoms with E-state index >= 15 is 0 Å². The molecule has 2 heterocycles. The number of aryl methyl sites for hydroxylation is 1. The Hall–Kier alpha value is -0.170. The molecule has 0 aromatic carbocycles. The van der Waals surface area contributed by atoms with Crippen LogP contribution < -0.4 is 0 Å². The number of thiazole rings is 1. The zero-order valence-corrected chi connectivity index (χ0v) is 12.4. The molecule has 4 nitrogen and oxygen atoms in total. The lowest BCUT2D eigenvalue weighted by atomic mass is 10.1. The third kappa shape index (κ3) is 2.36. The minimum absolute atomic E-state index is 0.0512. The lowest BCUT2D eigenvalue weighted by Crippen LogP contribution is -2.33. The third-order valence-corrected chi connectivity index (χ3v) is 6.83. The second-order valence-corrected chi connectivity index (χ2v) is 8.27. The number of hydrogen-bond acceptors (Lipinski definition) is 4. The molecule has 96 valence electrons. The molecule has 17 heavy (non-hydrogen) atoms. The van der Waals surface area contributed by atoms with Crippen molar-refractivity contribution in [2.45, 2.75) is 37.4 Å². The quantitative estimate of drug-likeness (QED) is 0.842. The highest BCUT2D eigenvalue weighted by Gasteiger charge is 2.38. The first-order valence-corrected chi connectivity index (χ1v) is 8.10. The summed E-state index contributed by atoms with van der Waals surface area (Å²) in [7, 11) is -3.43. The molecule has 1 aromatic heterocycles. The van der Waals surface area contributed by atoms with Crippen LogP contribution in [-0.2, 0) is 10.0 Å². The lowest BCUT2D eigenvalue weighted by molar-refractivity contribution is 0.406. The number of rotatable bonds is 2. The summed E-state index contributed by atoms with van der Waals surface area (Å²) < 4.78 is 27.0. The van der Waals surface area contributed by atoms with Crippen molar-refractivity contribution in [3.05, 3.63) is 10.2 Å². The molecule has 2 rings (SSSR count). The van der Waals surface area contributed by atoms with Crippen molar-refractivity contribution in [1.29, 1.82) is 0 Å². The van der Waals surface area contributed by atoms with E-state index in [-0.39, 0.29) is 14.7 Å². The Balaban J connectivity index is 2.40. The van der Waals surface area contributed by atoms with Gasteiger partial charge in [0.1, 0.15) is 0 Å². The van der Waals surface area contributed by atoms with Gasteiger partial charge in [0, 0.05) is 12.6 Å². The summed E-state index contributed by atoms with van der Waals surface area (Å²) in [4.78, 5) is 3.97. The molecule has 1 aromatic rings. The van der Waals surface area contributed by atoms with Gasteiger partial charge in [-0.1, -0.05) is 29.9 Å². The second kappa shape index (κ2) is 4.50. The molecule has 1 aliphatic heterocycles. The van der Waals surface area contributed by atoms with Gasteiger partial charge in [-0.2, -0.15) is 4.31 Å². The number of aromatic nitrogens is 1. The van der Waals surface area contributed by atoms with E-state index < -0.39 is 10.0 Å². The van der Waals surface area contributed by atoms with Gasteiger partial charge in [-0.15, -0.1) is 0 Å². The average Bonchev–Trinajstić information content (AvgIpc) is 2.70. The molecule has 1 fully saturated rings. The predicted molar refractivity (Wildman–Crippen MR) is 69.0 cm³/mol. The summed E-state index contributed by atoms with van der Waals surface area (Å²) in [5.41, 5.74) is 0.492. The van der Waals surface area contributed by atoms with Crippen molar-refractivity contribution in [2.75, 3.05) is 6.54 Å². The first kappa shape index (κ1) is 13.3. The van der Waals surface area contributed by atoms with Crippen LogP contribution in [0.25, 0.3) is 0 Å². The van der Waals surface area contributed by atoms with Crippen LogP contribution in [0.4, 0.5) is 0 Å². The van der Waals surface area contributed by atoms with E-state index in [1.807, 2.05) is 6.92 Å². The fourth-order valence-electron chi connectivity index (χ4n) is 2.29. The summed E-state index contributed by atoms with van der Waals surface area (Å²) >= 11 is 6.80. The van der Waals surface area contributed by atoms with Gasteiger partial charge in [0.05, 0.1) is 5.69 Å². The van der Waals surface area contributed by atoms with Crippen molar-refractivity contribution in [1.82, 2.24) is 9.29 Å². The maximum atomic E-state index is 12.5. The lowest BCUT2D eigenvalue weighted by Gasteiger charge is -2.20.